The van der Waals surface area contributed by atoms with Gasteiger partial charge in [-0.15, -0.1) is 0 Å². The van der Waals surface area contributed by atoms with Crippen molar-refractivity contribution in [3.8, 4) is 0 Å². The molecule has 1 aromatic rings. The van der Waals surface area contributed by atoms with Crippen LogP contribution in [0.25, 0.3) is 0 Å². The summed E-state index contributed by atoms with van der Waals surface area (Å²) in [6.07, 6.45) is 8.97. The summed E-state index contributed by atoms with van der Waals surface area (Å²) in [7, 11) is 0. The normalized spacial score (nSPS) is 30.9. The minimum Gasteiger partial charge on any atom is -0.394 e. The maximum absolute atomic E-state index is 9.86. The van der Waals surface area contributed by atoms with Crippen LogP contribution in [-0.2, 0) is 0 Å². The molecule has 0 amide bonds. The fraction of sp³-hybridized carbons (Fsp3) is 0.846. The van der Waals surface area contributed by atoms with E-state index in [0.29, 0.717) is 12.0 Å². The second-order valence-electron chi connectivity index (χ2n) is 5.67. The molecular weight excluding hydrogens is 278 g/mol. The molecule has 6 heteroatoms. The van der Waals surface area contributed by atoms with Gasteiger partial charge in [0.1, 0.15) is 6.33 Å². The van der Waals surface area contributed by atoms with Gasteiger partial charge < -0.3 is 10.4 Å². The first kappa shape index (κ1) is 13.8. The molecule has 4 nitrogen and oxygen atoms in total. The van der Waals surface area contributed by atoms with E-state index in [4.69, 9.17) is 0 Å². The van der Waals surface area contributed by atoms with Crippen molar-refractivity contribution in [3.63, 3.8) is 0 Å². The number of hydrogen-bond donors (Lipinski definition) is 2. The van der Waals surface area contributed by atoms with E-state index in [1.807, 2.05) is 0 Å². The molecule has 2 atom stereocenters. The molecule has 2 N–H and O–H groups in total. The lowest BCUT2D eigenvalue weighted by Crippen LogP contribution is -2.52. The Labute approximate surface area is 122 Å². The summed E-state index contributed by atoms with van der Waals surface area (Å²) in [6.45, 7) is 0.289. The fourth-order valence-electron chi connectivity index (χ4n) is 3.16. The van der Waals surface area contributed by atoms with Crippen LogP contribution in [0.4, 0.5) is 0 Å². The minimum absolute atomic E-state index is 0.00283. The first-order valence-corrected chi connectivity index (χ1v) is 8.86. The summed E-state index contributed by atoms with van der Waals surface area (Å²) in [6, 6.07) is 0.670. The molecule has 1 aromatic heterocycles. The molecule has 3 rings (SSSR count). The van der Waals surface area contributed by atoms with E-state index < -0.39 is 0 Å². The Morgan fingerprint density at radius 1 is 1.47 bits per heavy atom. The standard InChI is InChI=1S/C13H21N3OS2/c17-8-13(16-11-3-4-11)6-1-2-10(13)5-7-18-12-14-9-15-19-12/h9-11,16-17H,1-8H2. The third-order valence-corrected chi connectivity index (χ3v) is 6.17. The first-order valence-electron chi connectivity index (χ1n) is 7.10. The van der Waals surface area contributed by atoms with E-state index in [0.717, 1.165) is 22.9 Å². The van der Waals surface area contributed by atoms with Gasteiger partial charge in [-0.2, -0.15) is 4.37 Å². The lowest BCUT2D eigenvalue weighted by molar-refractivity contribution is 0.120. The van der Waals surface area contributed by atoms with Gasteiger partial charge in [0.05, 0.1) is 6.61 Å². The van der Waals surface area contributed by atoms with Crippen molar-refractivity contribution in [3.05, 3.63) is 6.33 Å². The SMILES string of the molecule is OCC1(NC2CC2)CCCC1CCSc1ncns1. The van der Waals surface area contributed by atoms with Crippen molar-refractivity contribution < 1.29 is 5.11 Å². The average molecular weight is 299 g/mol. The number of thioether (sulfide) groups is 1. The highest BCUT2D eigenvalue weighted by molar-refractivity contribution is 8.00. The first-order chi connectivity index (χ1) is 9.32. The van der Waals surface area contributed by atoms with Crippen molar-refractivity contribution in [1.29, 1.82) is 0 Å². The van der Waals surface area contributed by atoms with Crippen LogP contribution in [0, 0.1) is 5.92 Å². The fourth-order valence-corrected chi connectivity index (χ4v) is 4.73. The van der Waals surface area contributed by atoms with Gasteiger partial charge >= 0.3 is 0 Å². The Morgan fingerprint density at radius 3 is 3.05 bits per heavy atom. The molecule has 0 spiro atoms. The summed E-state index contributed by atoms with van der Waals surface area (Å²) in [4.78, 5) is 4.20. The predicted molar refractivity (Wildman–Crippen MR) is 78.6 cm³/mol. The molecule has 19 heavy (non-hydrogen) atoms. The van der Waals surface area contributed by atoms with Crippen molar-refractivity contribution in [1.82, 2.24) is 14.7 Å². The molecular formula is C13H21N3OS2. The molecule has 2 saturated carbocycles. The molecule has 0 radical (unpaired) electrons. The van der Waals surface area contributed by atoms with Crippen LogP contribution >= 0.6 is 23.3 Å². The van der Waals surface area contributed by atoms with Gasteiger partial charge in [0.25, 0.3) is 0 Å². The Morgan fingerprint density at radius 2 is 2.37 bits per heavy atom. The Kier molecular flexibility index (Phi) is 4.41. The second kappa shape index (κ2) is 6.08. The molecule has 0 aromatic carbocycles. The van der Waals surface area contributed by atoms with Gasteiger partial charge in [-0.05, 0) is 49.6 Å². The van der Waals surface area contributed by atoms with Crippen molar-refractivity contribution >= 4 is 23.3 Å². The lowest BCUT2D eigenvalue weighted by Gasteiger charge is -2.35. The van der Waals surface area contributed by atoms with Gasteiger partial charge in [-0.1, -0.05) is 18.2 Å². The third-order valence-electron chi connectivity index (χ3n) is 4.34. The van der Waals surface area contributed by atoms with Crippen LogP contribution in [-0.4, -0.2) is 38.4 Å². The molecule has 0 bridgehead atoms. The van der Waals surface area contributed by atoms with E-state index in [2.05, 4.69) is 14.7 Å². The van der Waals surface area contributed by atoms with E-state index >= 15 is 0 Å². The molecule has 1 heterocycles. The zero-order valence-electron chi connectivity index (χ0n) is 11.0. The predicted octanol–water partition coefficient (Wildman–Crippen LogP) is 2.30. The van der Waals surface area contributed by atoms with E-state index in [9.17, 15) is 5.11 Å². The monoisotopic (exact) mass is 299 g/mol. The number of nitrogens with one attached hydrogen (secondary N) is 1. The second-order valence-corrected chi connectivity index (χ2v) is 7.79. The molecule has 0 saturated heterocycles. The number of aromatic nitrogens is 2. The zero-order chi connectivity index (χ0) is 13.1. The maximum atomic E-state index is 9.86. The van der Waals surface area contributed by atoms with Crippen molar-refractivity contribution in [2.45, 2.75) is 54.4 Å². The van der Waals surface area contributed by atoms with E-state index in [1.165, 1.54) is 37.2 Å². The van der Waals surface area contributed by atoms with Crippen LogP contribution in [0.5, 0.6) is 0 Å². The molecule has 0 aliphatic heterocycles. The summed E-state index contributed by atoms with van der Waals surface area (Å²) in [5.74, 6) is 1.69. The van der Waals surface area contributed by atoms with Gasteiger partial charge in [-0.3, -0.25) is 0 Å². The number of aliphatic hydroxyl groups excluding tert-OH is 1. The minimum atomic E-state index is 0.00283. The quantitative estimate of drug-likeness (QED) is 0.757. The highest BCUT2D eigenvalue weighted by atomic mass is 32.2. The third kappa shape index (κ3) is 3.29. The van der Waals surface area contributed by atoms with Crippen LogP contribution in [0.1, 0.15) is 38.5 Å². The maximum Gasteiger partial charge on any atom is 0.169 e. The van der Waals surface area contributed by atoms with Gasteiger partial charge in [0.2, 0.25) is 0 Å². The highest BCUT2D eigenvalue weighted by Crippen LogP contribution is 2.41. The van der Waals surface area contributed by atoms with Crippen molar-refractivity contribution in [2.24, 2.45) is 5.92 Å². The number of nitrogens with zero attached hydrogens (tertiary/aromatic N) is 2. The Bertz CT molecular complexity index is 397. The van der Waals surface area contributed by atoms with Gasteiger partial charge in [-0.25, -0.2) is 4.98 Å². The summed E-state index contributed by atoms with van der Waals surface area (Å²) < 4.78 is 5.08. The van der Waals surface area contributed by atoms with E-state index in [1.54, 1.807) is 18.1 Å². The van der Waals surface area contributed by atoms with Crippen molar-refractivity contribution in [2.75, 3.05) is 12.4 Å². The smallest absolute Gasteiger partial charge is 0.169 e. The molecule has 2 aliphatic rings. The highest BCUT2D eigenvalue weighted by Gasteiger charge is 2.44. The molecule has 2 unspecified atom stereocenters. The Hall–Kier alpha value is -0.170. The van der Waals surface area contributed by atoms with Crippen LogP contribution in [0.3, 0.4) is 0 Å². The number of hydrogen-bond acceptors (Lipinski definition) is 6. The van der Waals surface area contributed by atoms with Gasteiger partial charge in [0, 0.05) is 17.3 Å². The topological polar surface area (TPSA) is 58.0 Å². The summed E-state index contributed by atoms with van der Waals surface area (Å²) in [5, 5.41) is 13.6. The Balaban J connectivity index is 1.52. The average Bonchev–Trinajstić information content (AvgIpc) is 2.92. The lowest BCUT2D eigenvalue weighted by atomic mass is 9.85. The van der Waals surface area contributed by atoms with E-state index in [-0.39, 0.29) is 12.1 Å². The zero-order valence-corrected chi connectivity index (χ0v) is 12.7. The summed E-state index contributed by atoms with van der Waals surface area (Å²) in [5.41, 5.74) is 0.00283. The molecule has 2 aliphatic carbocycles. The number of aliphatic hydroxyl groups is 1. The molecule has 106 valence electrons. The number of rotatable bonds is 7. The van der Waals surface area contributed by atoms with Crippen LogP contribution < -0.4 is 5.32 Å². The molecule has 2 fully saturated rings. The van der Waals surface area contributed by atoms with Gasteiger partial charge in [0.15, 0.2) is 4.34 Å². The van der Waals surface area contributed by atoms with Crippen LogP contribution in [0.2, 0.25) is 0 Å². The van der Waals surface area contributed by atoms with Crippen LogP contribution in [0.15, 0.2) is 10.7 Å². The summed E-state index contributed by atoms with van der Waals surface area (Å²) >= 11 is 3.26. The largest absolute Gasteiger partial charge is 0.394 e.